The molecule has 0 N–H and O–H groups in total. The van der Waals surface area contributed by atoms with E-state index in [1.54, 1.807) is 19.1 Å². The molecule has 0 amide bonds. The summed E-state index contributed by atoms with van der Waals surface area (Å²) in [7, 11) is 0. The highest BCUT2D eigenvalue weighted by Gasteiger charge is 2.13. The van der Waals surface area contributed by atoms with E-state index < -0.39 is 12.1 Å². The molecule has 24 heavy (non-hydrogen) atoms. The Morgan fingerprint density at radius 2 is 1.92 bits per heavy atom. The molecule has 0 aromatic heterocycles. The van der Waals surface area contributed by atoms with Gasteiger partial charge in [-0.25, -0.2) is 4.79 Å². The highest BCUT2D eigenvalue weighted by atomic mass is 35.5. The van der Waals surface area contributed by atoms with Crippen molar-refractivity contribution in [1.29, 1.82) is 0 Å². The first-order valence-corrected chi connectivity index (χ1v) is 8.04. The van der Waals surface area contributed by atoms with Gasteiger partial charge in [0, 0.05) is 16.7 Å². The SMILES string of the molecule is CC(OC(=O)/C=C/c1ccc2c(c1)OCCO2)c1ccccc1Cl. The maximum absolute atomic E-state index is 12.0. The zero-order chi connectivity index (χ0) is 16.9. The summed E-state index contributed by atoms with van der Waals surface area (Å²) >= 11 is 6.11. The van der Waals surface area contributed by atoms with E-state index in [1.165, 1.54) is 6.08 Å². The Morgan fingerprint density at radius 1 is 1.17 bits per heavy atom. The second-order valence-corrected chi connectivity index (χ2v) is 5.74. The number of benzene rings is 2. The van der Waals surface area contributed by atoms with Crippen molar-refractivity contribution in [2.24, 2.45) is 0 Å². The number of fused-ring (bicyclic) bond motifs is 1. The zero-order valence-electron chi connectivity index (χ0n) is 13.2. The molecule has 1 unspecified atom stereocenters. The van der Waals surface area contributed by atoms with Crippen LogP contribution >= 0.6 is 11.6 Å². The molecule has 0 saturated carbocycles. The quantitative estimate of drug-likeness (QED) is 0.608. The van der Waals surface area contributed by atoms with Crippen LogP contribution < -0.4 is 9.47 Å². The Bertz CT molecular complexity index is 770. The average molecular weight is 345 g/mol. The van der Waals surface area contributed by atoms with E-state index in [9.17, 15) is 4.79 Å². The van der Waals surface area contributed by atoms with E-state index in [1.807, 2.05) is 36.4 Å². The minimum absolute atomic E-state index is 0.420. The first-order valence-electron chi connectivity index (χ1n) is 7.66. The molecule has 3 rings (SSSR count). The lowest BCUT2D eigenvalue weighted by Crippen LogP contribution is -2.15. The first kappa shape index (κ1) is 16.4. The fourth-order valence-electron chi connectivity index (χ4n) is 2.41. The summed E-state index contributed by atoms with van der Waals surface area (Å²) in [5.74, 6) is 0.965. The van der Waals surface area contributed by atoms with Gasteiger partial charge in [0.2, 0.25) is 0 Å². The number of ether oxygens (including phenoxy) is 3. The van der Waals surface area contributed by atoms with Gasteiger partial charge in [0.1, 0.15) is 19.3 Å². The predicted molar refractivity (Wildman–Crippen MR) is 92.4 cm³/mol. The lowest BCUT2D eigenvalue weighted by atomic mass is 10.1. The van der Waals surface area contributed by atoms with Crippen molar-refractivity contribution in [3.8, 4) is 11.5 Å². The van der Waals surface area contributed by atoms with E-state index in [-0.39, 0.29) is 0 Å². The normalized spacial score (nSPS) is 14.4. The van der Waals surface area contributed by atoms with Crippen LogP contribution in [0.4, 0.5) is 0 Å². The van der Waals surface area contributed by atoms with Crippen molar-refractivity contribution < 1.29 is 19.0 Å². The highest BCUT2D eigenvalue weighted by Crippen LogP contribution is 2.31. The molecule has 0 radical (unpaired) electrons. The van der Waals surface area contributed by atoms with Gasteiger partial charge in [-0.2, -0.15) is 0 Å². The molecule has 4 nitrogen and oxygen atoms in total. The molecule has 0 saturated heterocycles. The maximum Gasteiger partial charge on any atom is 0.331 e. The highest BCUT2D eigenvalue weighted by molar-refractivity contribution is 6.31. The lowest BCUT2D eigenvalue weighted by molar-refractivity contribution is -0.142. The smallest absolute Gasteiger partial charge is 0.331 e. The number of carbonyl (C=O) groups is 1. The van der Waals surface area contributed by atoms with Crippen molar-refractivity contribution in [2.75, 3.05) is 13.2 Å². The van der Waals surface area contributed by atoms with Crippen LogP contribution in [0, 0.1) is 0 Å². The van der Waals surface area contributed by atoms with E-state index in [0.717, 1.165) is 11.1 Å². The molecular formula is C19H17ClO4. The molecule has 1 heterocycles. The van der Waals surface area contributed by atoms with Crippen LogP contribution in [0.1, 0.15) is 24.2 Å². The van der Waals surface area contributed by atoms with Gasteiger partial charge in [0.15, 0.2) is 11.5 Å². The Hall–Kier alpha value is -2.46. The molecular weight excluding hydrogens is 328 g/mol. The van der Waals surface area contributed by atoms with Gasteiger partial charge in [-0.05, 0) is 36.8 Å². The summed E-state index contributed by atoms with van der Waals surface area (Å²) in [6.45, 7) is 2.86. The van der Waals surface area contributed by atoms with Gasteiger partial charge in [-0.1, -0.05) is 35.9 Å². The second-order valence-electron chi connectivity index (χ2n) is 5.34. The Kier molecular flexibility index (Phi) is 5.06. The van der Waals surface area contributed by atoms with E-state index >= 15 is 0 Å². The van der Waals surface area contributed by atoms with Crippen molar-refractivity contribution in [3.05, 3.63) is 64.7 Å². The van der Waals surface area contributed by atoms with E-state index in [4.69, 9.17) is 25.8 Å². The van der Waals surface area contributed by atoms with Crippen LogP contribution in [0.15, 0.2) is 48.5 Å². The molecule has 5 heteroatoms. The van der Waals surface area contributed by atoms with Gasteiger partial charge in [0.05, 0.1) is 0 Å². The molecule has 1 aliphatic rings. The standard InChI is InChI=1S/C19H17ClO4/c1-13(15-4-2-3-5-16(15)20)24-19(21)9-7-14-6-8-17-18(12-14)23-11-10-22-17/h2-9,12-13H,10-11H2,1H3/b9-7+. The van der Waals surface area contributed by atoms with Crippen molar-refractivity contribution in [1.82, 2.24) is 0 Å². The molecule has 124 valence electrons. The van der Waals surface area contributed by atoms with Crippen LogP contribution in [0.2, 0.25) is 5.02 Å². The van der Waals surface area contributed by atoms with Crippen LogP contribution in [0.5, 0.6) is 11.5 Å². The number of esters is 1. The molecule has 0 spiro atoms. The number of rotatable bonds is 4. The third-order valence-corrected chi connectivity index (χ3v) is 3.96. The maximum atomic E-state index is 12.0. The molecule has 1 aliphatic heterocycles. The van der Waals surface area contributed by atoms with Crippen molar-refractivity contribution >= 4 is 23.6 Å². The summed E-state index contributed by atoms with van der Waals surface area (Å²) < 4.78 is 16.4. The average Bonchev–Trinajstić information content (AvgIpc) is 2.60. The summed E-state index contributed by atoms with van der Waals surface area (Å²) in [5.41, 5.74) is 1.61. The van der Waals surface area contributed by atoms with Crippen LogP contribution in [0.3, 0.4) is 0 Å². The summed E-state index contributed by atoms with van der Waals surface area (Å²) in [4.78, 5) is 12.0. The third kappa shape index (κ3) is 3.89. The Labute approximate surface area is 145 Å². The first-order chi connectivity index (χ1) is 11.6. The summed E-state index contributed by atoms with van der Waals surface area (Å²) in [6, 6.07) is 12.8. The minimum atomic E-state index is -0.433. The molecule has 2 aromatic rings. The molecule has 2 aromatic carbocycles. The zero-order valence-corrected chi connectivity index (χ0v) is 14.0. The Morgan fingerprint density at radius 3 is 2.71 bits per heavy atom. The fraction of sp³-hybridized carbons (Fsp3) is 0.211. The van der Waals surface area contributed by atoms with E-state index in [0.29, 0.717) is 29.7 Å². The number of halogens is 1. The Balaban J connectivity index is 1.64. The third-order valence-electron chi connectivity index (χ3n) is 3.61. The molecule has 1 atom stereocenters. The van der Waals surface area contributed by atoms with Crippen LogP contribution in [-0.4, -0.2) is 19.2 Å². The topological polar surface area (TPSA) is 44.8 Å². The number of carbonyl (C=O) groups excluding carboxylic acids is 1. The lowest BCUT2D eigenvalue weighted by Gasteiger charge is -2.18. The van der Waals surface area contributed by atoms with Crippen LogP contribution in [-0.2, 0) is 9.53 Å². The molecule has 0 fully saturated rings. The monoisotopic (exact) mass is 344 g/mol. The van der Waals surface area contributed by atoms with Gasteiger partial charge >= 0.3 is 5.97 Å². The van der Waals surface area contributed by atoms with Gasteiger partial charge < -0.3 is 14.2 Å². The molecule has 0 bridgehead atoms. The van der Waals surface area contributed by atoms with E-state index in [2.05, 4.69) is 0 Å². The van der Waals surface area contributed by atoms with Gasteiger partial charge in [0.25, 0.3) is 0 Å². The predicted octanol–water partition coefficient (Wildman–Crippen LogP) is 4.43. The largest absolute Gasteiger partial charge is 0.486 e. The number of hydrogen-bond acceptors (Lipinski definition) is 4. The summed E-state index contributed by atoms with van der Waals surface area (Å²) in [5, 5.41) is 0.577. The van der Waals surface area contributed by atoms with Crippen molar-refractivity contribution in [2.45, 2.75) is 13.0 Å². The number of hydrogen-bond donors (Lipinski definition) is 0. The minimum Gasteiger partial charge on any atom is -0.486 e. The van der Waals surface area contributed by atoms with Crippen LogP contribution in [0.25, 0.3) is 6.08 Å². The van der Waals surface area contributed by atoms with Gasteiger partial charge in [-0.15, -0.1) is 0 Å². The summed E-state index contributed by atoms with van der Waals surface area (Å²) in [6.07, 6.45) is 2.65. The molecule has 0 aliphatic carbocycles. The van der Waals surface area contributed by atoms with Gasteiger partial charge in [-0.3, -0.25) is 0 Å². The van der Waals surface area contributed by atoms with Crippen molar-refractivity contribution in [3.63, 3.8) is 0 Å². The fourth-order valence-corrected chi connectivity index (χ4v) is 2.70. The second kappa shape index (κ2) is 7.41.